The lowest BCUT2D eigenvalue weighted by molar-refractivity contribution is 0.627. The van der Waals surface area contributed by atoms with Crippen molar-refractivity contribution in [3.05, 3.63) is 0 Å². The van der Waals surface area contributed by atoms with Crippen molar-refractivity contribution in [3.63, 3.8) is 0 Å². The third-order valence-electron chi connectivity index (χ3n) is 0.769. The van der Waals surface area contributed by atoms with E-state index in [0.717, 1.165) is 6.54 Å². The zero-order valence-corrected chi connectivity index (χ0v) is 6.65. The lowest BCUT2D eigenvalue weighted by Gasteiger charge is -2.04. The van der Waals surface area contributed by atoms with Crippen LogP contribution in [0.3, 0.4) is 0 Å². The van der Waals surface area contributed by atoms with Gasteiger partial charge in [-0.1, -0.05) is 13.8 Å². The van der Waals surface area contributed by atoms with Gasteiger partial charge in [-0.3, -0.25) is 0 Å². The Hall–Kier alpha value is -0.120. The van der Waals surface area contributed by atoms with Crippen LogP contribution in [0.4, 0.5) is 0 Å². The van der Waals surface area contributed by atoms with Crippen molar-refractivity contribution in [2.75, 3.05) is 20.1 Å². The molecule has 0 aromatic heterocycles. The van der Waals surface area contributed by atoms with Crippen molar-refractivity contribution < 1.29 is 0 Å². The van der Waals surface area contributed by atoms with Crippen LogP contribution in [0, 0.1) is 0 Å². The monoisotopic (exact) mass is 133 g/mol. The van der Waals surface area contributed by atoms with E-state index in [9.17, 15) is 0 Å². The predicted molar refractivity (Wildman–Crippen MR) is 42.3 cm³/mol. The normalized spacial score (nSPS) is 11.7. The minimum atomic E-state index is 0.116. The number of likely N-dealkylation sites (N-methyl/N-ethyl adjacent to an activating group) is 1. The topological polar surface area (TPSA) is 64.1 Å². The van der Waals surface area contributed by atoms with Gasteiger partial charge in [0.2, 0.25) is 0 Å². The number of hydrogen-bond donors (Lipinski definition) is 3. The van der Waals surface area contributed by atoms with Gasteiger partial charge < -0.3 is 16.8 Å². The van der Waals surface area contributed by atoms with Gasteiger partial charge in [0.25, 0.3) is 0 Å². The number of nitrogens with one attached hydrogen (secondary N) is 1. The summed E-state index contributed by atoms with van der Waals surface area (Å²) >= 11 is 0. The quantitative estimate of drug-likeness (QED) is 0.487. The van der Waals surface area contributed by atoms with Crippen LogP contribution in [0.25, 0.3) is 0 Å². The molecule has 0 saturated heterocycles. The highest BCUT2D eigenvalue weighted by Gasteiger charge is 1.92. The van der Waals surface area contributed by atoms with E-state index in [1.54, 1.807) is 0 Å². The largest absolute Gasteiger partial charge is 0.329 e. The lowest BCUT2D eigenvalue weighted by Crippen LogP contribution is -2.38. The molecule has 0 heterocycles. The van der Waals surface area contributed by atoms with Gasteiger partial charge in [-0.05, 0) is 7.05 Å². The Morgan fingerprint density at radius 3 is 2.00 bits per heavy atom. The molecule has 58 valence electrons. The minimum Gasteiger partial charge on any atom is -0.329 e. The summed E-state index contributed by atoms with van der Waals surface area (Å²) in [6, 6.07) is 0.116. The van der Waals surface area contributed by atoms with E-state index in [4.69, 9.17) is 11.5 Å². The molecular formula is C6H19N3. The molecule has 0 saturated carbocycles. The fourth-order valence-electron chi connectivity index (χ4n) is 0.346. The van der Waals surface area contributed by atoms with E-state index >= 15 is 0 Å². The van der Waals surface area contributed by atoms with E-state index in [1.807, 2.05) is 20.9 Å². The van der Waals surface area contributed by atoms with E-state index in [-0.39, 0.29) is 6.04 Å². The van der Waals surface area contributed by atoms with Gasteiger partial charge >= 0.3 is 0 Å². The Bertz CT molecular complexity index is 39.3. The van der Waals surface area contributed by atoms with Crippen LogP contribution < -0.4 is 16.8 Å². The number of rotatable bonds is 3. The summed E-state index contributed by atoms with van der Waals surface area (Å²) in [6.07, 6.45) is 0. The molecule has 0 radical (unpaired) electrons. The van der Waals surface area contributed by atoms with Gasteiger partial charge in [0, 0.05) is 19.1 Å². The summed E-state index contributed by atoms with van der Waals surface area (Å²) in [5.74, 6) is 0. The van der Waals surface area contributed by atoms with Crippen LogP contribution in [0.1, 0.15) is 13.8 Å². The van der Waals surface area contributed by atoms with E-state index in [0.29, 0.717) is 6.54 Å². The molecule has 0 aliphatic heterocycles. The average molecular weight is 133 g/mol. The lowest BCUT2D eigenvalue weighted by atomic mass is 10.3. The molecule has 3 heteroatoms. The molecule has 0 spiro atoms. The van der Waals surface area contributed by atoms with E-state index in [2.05, 4.69) is 5.32 Å². The summed E-state index contributed by atoms with van der Waals surface area (Å²) in [7, 11) is 1.86. The molecule has 0 fully saturated rings. The third kappa shape index (κ3) is 11.4. The van der Waals surface area contributed by atoms with Crippen LogP contribution >= 0.6 is 0 Å². The maximum Gasteiger partial charge on any atom is 0.0289 e. The average Bonchev–Trinajstić information content (AvgIpc) is 1.93. The summed E-state index contributed by atoms with van der Waals surface area (Å²) in [5.41, 5.74) is 10.6. The Balaban J connectivity index is 0. The minimum absolute atomic E-state index is 0.116. The smallest absolute Gasteiger partial charge is 0.0289 e. The highest BCUT2D eigenvalue weighted by molar-refractivity contribution is 4.61. The molecule has 0 aliphatic rings. The van der Waals surface area contributed by atoms with Gasteiger partial charge in [0.15, 0.2) is 0 Å². The molecule has 0 aromatic rings. The number of hydrogen-bond acceptors (Lipinski definition) is 3. The SMILES string of the molecule is CC.CNCC(N)CN. The first-order chi connectivity index (χ1) is 4.31. The summed E-state index contributed by atoms with van der Waals surface area (Å²) in [4.78, 5) is 0. The van der Waals surface area contributed by atoms with E-state index < -0.39 is 0 Å². The van der Waals surface area contributed by atoms with Gasteiger partial charge in [-0.25, -0.2) is 0 Å². The predicted octanol–water partition coefficient (Wildman–Crippen LogP) is -0.482. The molecule has 0 bridgehead atoms. The molecule has 3 nitrogen and oxygen atoms in total. The highest BCUT2D eigenvalue weighted by Crippen LogP contribution is 1.64. The summed E-state index contributed by atoms with van der Waals surface area (Å²) < 4.78 is 0. The van der Waals surface area contributed by atoms with Crippen molar-refractivity contribution in [3.8, 4) is 0 Å². The van der Waals surface area contributed by atoms with Crippen LogP contribution in [0.15, 0.2) is 0 Å². The van der Waals surface area contributed by atoms with Crippen molar-refractivity contribution in [1.29, 1.82) is 0 Å². The molecule has 0 amide bonds. The maximum absolute atomic E-state index is 5.40. The van der Waals surface area contributed by atoms with Crippen LogP contribution in [0.5, 0.6) is 0 Å². The summed E-state index contributed by atoms with van der Waals surface area (Å²) in [6.45, 7) is 5.36. The third-order valence-corrected chi connectivity index (χ3v) is 0.769. The Morgan fingerprint density at radius 1 is 1.44 bits per heavy atom. The first-order valence-corrected chi connectivity index (χ1v) is 3.41. The zero-order valence-electron chi connectivity index (χ0n) is 6.65. The Morgan fingerprint density at radius 2 is 1.89 bits per heavy atom. The molecule has 5 N–H and O–H groups in total. The first kappa shape index (κ1) is 11.6. The fourth-order valence-corrected chi connectivity index (χ4v) is 0.346. The van der Waals surface area contributed by atoms with Crippen molar-refractivity contribution in [2.45, 2.75) is 19.9 Å². The second-order valence-corrected chi connectivity index (χ2v) is 1.55. The highest BCUT2D eigenvalue weighted by atomic mass is 14.9. The Labute approximate surface area is 57.8 Å². The maximum atomic E-state index is 5.40. The van der Waals surface area contributed by atoms with Crippen molar-refractivity contribution in [1.82, 2.24) is 5.32 Å². The van der Waals surface area contributed by atoms with E-state index in [1.165, 1.54) is 0 Å². The molecule has 0 aromatic carbocycles. The van der Waals surface area contributed by atoms with Crippen molar-refractivity contribution in [2.24, 2.45) is 11.5 Å². The van der Waals surface area contributed by atoms with Gasteiger partial charge in [-0.15, -0.1) is 0 Å². The first-order valence-electron chi connectivity index (χ1n) is 3.41. The molecule has 0 rings (SSSR count). The molecule has 1 unspecified atom stereocenters. The van der Waals surface area contributed by atoms with Crippen molar-refractivity contribution >= 4 is 0 Å². The summed E-state index contributed by atoms with van der Waals surface area (Å²) in [5, 5.41) is 2.91. The number of nitrogens with two attached hydrogens (primary N) is 2. The van der Waals surface area contributed by atoms with Gasteiger partial charge in [0.1, 0.15) is 0 Å². The van der Waals surface area contributed by atoms with Crippen LogP contribution in [-0.4, -0.2) is 26.2 Å². The molecule has 9 heavy (non-hydrogen) atoms. The molecular weight excluding hydrogens is 114 g/mol. The van der Waals surface area contributed by atoms with Gasteiger partial charge in [-0.2, -0.15) is 0 Å². The van der Waals surface area contributed by atoms with Gasteiger partial charge in [0.05, 0.1) is 0 Å². The van der Waals surface area contributed by atoms with Crippen LogP contribution in [-0.2, 0) is 0 Å². The second-order valence-electron chi connectivity index (χ2n) is 1.55. The zero-order chi connectivity index (χ0) is 7.70. The Kier molecular flexibility index (Phi) is 14.0. The van der Waals surface area contributed by atoms with Crippen LogP contribution in [0.2, 0.25) is 0 Å². The molecule has 0 aliphatic carbocycles. The fraction of sp³-hybridized carbons (Fsp3) is 1.00. The second kappa shape index (κ2) is 10.8. The molecule has 1 atom stereocenters. The standard InChI is InChI=1S/C4H13N3.C2H6/c1-7-3-4(6)2-5;1-2/h4,7H,2-3,5-6H2,1H3;1-2H3.